The zero-order valence-corrected chi connectivity index (χ0v) is 19.9. The van der Waals surface area contributed by atoms with Crippen LogP contribution in [0.2, 0.25) is 0 Å². The largest absolute Gasteiger partial charge is 0.376 e. The molecule has 0 spiro atoms. The number of pyridine rings is 1. The maximum atomic E-state index is 5.43. The Balaban J connectivity index is 0.000000614. The number of allylic oxidation sites excluding steroid dienone is 1. The van der Waals surface area contributed by atoms with Crippen LogP contribution in [0.5, 0.6) is 0 Å². The third kappa shape index (κ3) is 8.32. The van der Waals surface area contributed by atoms with Crippen LogP contribution in [0.3, 0.4) is 0 Å². The Morgan fingerprint density at radius 2 is 1.90 bits per heavy atom. The van der Waals surface area contributed by atoms with Crippen LogP contribution in [0.1, 0.15) is 25.2 Å². The predicted molar refractivity (Wildman–Crippen MR) is 132 cm³/mol. The summed E-state index contributed by atoms with van der Waals surface area (Å²) in [6.45, 7) is 16.4. The minimum absolute atomic E-state index is 0.602. The molecule has 0 unspecified atom stereocenters. The summed E-state index contributed by atoms with van der Waals surface area (Å²) in [5.74, 6) is 1.65. The highest BCUT2D eigenvalue weighted by Crippen LogP contribution is 2.22. The number of likely N-dealkylation sites (N-methyl/N-ethyl adjacent to an activating group) is 1. The molecule has 0 saturated carbocycles. The number of ether oxygens (including phenoxy) is 1. The number of aromatic nitrogens is 3. The number of rotatable bonds is 10. The highest BCUT2D eigenvalue weighted by molar-refractivity contribution is 7.97. The number of hydrogen-bond acceptors (Lipinski definition) is 5. The van der Waals surface area contributed by atoms with Gasteiger partial charge in [-0.05, 0) is 55.6 Å². The molecule has 0 aliphatic heterocycles. The van der Waals surface area contributed by atoms with Crippen LogP contribution in [-0.2, 0) is 11.3 Å². The molecule has 1 aromatic carbocycles. The Morgan fingerprint density at radius 1 is 1.19 bits per heavy atom. The van der Waals surface area contributed by atoms with E-state index in [1.54, 1.807) is 24.2 Å². The van der Waals surface area contributed by atoms with E-state index >= 15 is 0 Å². The van der Waals surface area contributed by atoms with E-state index in [1.807, 2.05) is 25.3 Å². The summed E-state index contributed by atoms with van der Waals surface area (Å²) in [5, 5.41) is 0. The van der Waals surface area contributed by atoms with Crippen LogP contribution in [0.25, 0.3) is 11.0 Å². The van der Waals surface area contributed by atoms with E-state index < -0.39 is 0 Å². The van der Waals surface area contributed by atoms with Crippen molar-refractivity contribution in [1.82, 2.24) is 18.8 Å². The topological polar surface area (TPSA) is 43.2 Å². The molecule has 166 valence electrons. The van der Waals surface area contributed by atoms with Crippen molar-refractivity contribution >= 4 is 23.0 Å². The van der Waals surface area contributed by atoms with E-state index in [-0.39, 0.29) is 0 Å². The zero-order chi connectivity index (χ0) is 22.6. The first-order chi connectivity index (χ1) is 14.9. The number of imidazole rings is 1. The molecule has 0 N–H and O–H groups in total. The lowest BCUT2D eigenvalue weighted by atomic mass is 10.2. The average Bonchev–Trinajstić information content (AvgIpc) is 3.08. The highest BCUT2D eigenvalue weighted by atomic mass is 32.2. The van der Waals surface area contributed by atoms with Crippen LogP contribution in [0.4, 0.5) is 0 Å². The minimum atomic E-state index is 0.602. The fourth-order valence-corrected chi connectivity index (χ4v) is 3.50. The van der Waals surface area contributed by atoms with Crippen molar-refractivity contribution in [2.75, 3.05) is 26.8 Å². The number of nitrogens with zero attached hydrogens (tertiary/aromatic N) is 4. The van der Waals surface area contributed by atoms with Crippen LogP contribution in [0, 0.1) is 12.8 Å². The fourth-order valence-electron chi connectivity index (χ4n) is 2.71. The second kappa shape index (κ2) is 13.1. The van der Waals surface area contributed by atoms with Crippen molar-refractivity contribution in [2.24, 2.45) is 5.92 Å². The molecule has 0 fully saturated rings. The Hall–Kier alpha value is -2.41. The van der Waals surface area contributed by atoms with Crippen LogP contribution in [0.15, 0.2) is 72.9 Å². The van der Waals surface area contributed by atoms with E-state index in [2.05, 4.69) is 77.2 Å². The maximum absolute atomic E-state index is 5.43. The summed E-state index contributed by atoms with van der Waals surface area (Å²) in [5.41, 5.74) is 3.31. The third-order valence-electron chi connectivity index (χ3n) is 4.52. The molecular formula is C25H34N4OS. The third-order valence-corrected chi connectivity index (χ3v) is 5.50. The van der Waals surface area contributed by atoms with Crippen molar-refractivity contribution < 1.29 is 4.74 Å². The summed E-state index contributed by atoms with van der Waals surface area (Å²) in [6, 6.07) is 10.6. The van der Waals surface area contributed by atoms with Crippen molar-refractivity contribution in [1.29, 1.82) is 0 Å². The van der Waals surface area contributed by atoms with Crippen LogP contribution < -0.4 is 0 Å². The second-order valence-electron chi connectivity index (χ2n) is 7.54. The molecule has 0 atom stereocenters. The molecule has 3 aromatic rings. The smallest absolute Gasteiger partial charge is 0.107 e. The maximum Gasteiger partial charge on any atom is 0.107 e. The van der Waals surface area contributed by atoms with Gasteiger partial charge in [0.15, 0.2) is 0 Å². The van der Waals surface area contributed by atoms with Crippen molar-refractivity contribution in [2.45, 2.75) is 32.2 Å². The summed E-state index contributed by atoms with van der Waals surface area (Å²) < 4.78 is 9.81. The summed E-state index contributed by atoms with van der Waals surface area (Å²) in [7, 11) is 2.07. The second-order valence-corrected chi connectivity index (χ2v) is 8.82. The van der Waals surface area contributed by atoms with E-state index in [0.29, 0.717) is 19.1 Å². The van der Waals surface area contributed by atoms with Crippen molar-refractivity contribution in [3.05, 3.63) is 79.4 Å². The average molecular weight is 439 g/mol. The van der Waals surface area contributed by atoms with E-state index in [1.165, 1.54) is 10.5 Å². The summed E-state index contributed by atoms with van der Waals surface area (Å²) in [6.07, 6.45) is 7.35. The molecule has 0 aliphatic rings. The first kappa shape index (κ1) is 24.9. The molecule has 0 saturated heterocycles. The molecule has 2 heterocycles. The molecule has 0 amide bonds. The van der Waals surface area contributed by atoms with Crippen molar-refractivity contribution in [3.8, 4) is 0 Å². The highest BCUT2D eigenvalue weighted by Gasteiger charge is 2.08. The standard InChI is InChI=1S/C20H24N4OS.C5H10/c1-4-12-25-13-11-23(3)26-18-7-5-17(6-8-18)15-24-16(2)22-19-9-10-21-14-20(19)24;1-4-5(2)3/h4-10,14H,1,11-13,15H2,2-3H3;4-5H,1H2,2-3H3. The Bertz CT molecular complexity index is 950. The van der Waals surface area contributed by atoms with Gasteiger partial charge in [0.25, 0.3) is 0 Å². The fraction of sp³-hybridized carbons (Fsp3) is 0.360. The van der Waals surface area contributed by atoms with Crippen molar-refractivity contribution in [3.63, 3.8) is 0 Å². The van der Waals surface area contributed by atoms with Gasteiger partial charge in [0.2, 0.25) is 0 Å². The lowest BCUT2D eigenvalue weighted by molar-refractivity contribution is 0.154. The predicted octanol–water partition coefficient (Wildman–Crippen LogP) is 5.76. The van der Waals surface area contributed by atoms with Gasteiger partial charge in [-0.2, -0.15) is 0 Å². The SMILES string of the molecule is C=CC(C)C.C=CCOCCN(C)Sc1ccc(Cn2c(C)nc3ccncc32)cc1. The molecule has 0 radical (unpaired) electrons. The van der Waals surface area contributed by atoms with Gasteiger partial charge in [-0.15, -0.1) is 13.2 Å². The number of hydrogen-bond donors (Lipinski definition) is 0. The van der Waals surface area contributed by atoms with E-state index in [0.717, 1.165) is 29.9 Å². The van der Waals surface area contributed by atoms with Gasteiger partial charge in [0.05, 0.1) is 30.4 Å². The van der Waals surface area contributed by atoms with Gasteiger partial charge in [0, 0.05) is 24.2 Å². The van der Waals surface area contributed by atoms with Gasteiger partial charge in [-0.3, -0.25) is 4.98 Å². The molecule has 5 nitrogen and oxygen atoms in total. The zero-order valence-electron chi connectivity index (χ0n) is 19.1. The first-order valence-electron chi connectivity index (χ1n) is 10.5. The molecule has 2 aromatic heterocycles. The van der Waals surface area contributed by atoms with Gasteiger partial charge < -0.3 is 9.30 Å². The van der Waals surface area contributed by atoms with Gasteiger partial charge in [-0.1, -0.05) is 38.1 Å². The van der Waals surface area contributed by atoms with E-state index in [4.69, 9.17) is 4.74 Å². The monoisotopic (exact) mass is 438 g/mol. The quantitative estimate of drug-likeness (QED) is 0.229. The van der Waals surface area contributed by atoms with Gasteiger partial charge in [-0.25, -0.2) is 9.29 Å². The van der Waals surface area contributed by atoms with Crippen LogP contribution >= 0.6 is 11.9 Å². The Labute approximate surface area is 191 Å². The lowest BCUT2D eigenvalue weighted by Gasteiger charge is -2.15. The molecule has 0 aliphatic carbocycles. The van der Waals surface area contributed by atoms with Crippen LogP contribution in [-0.4, -0.2) is 45.6 Å². The number of benzene rings is 1. The Kier molecular flexibility index (Phi) is 10.5. The number of fused-ring (bicyclic) bond motifs is 1. The van der Waals surface area contributed by atoms with Gasteiger partial charge >= 0.3 is 0 Å². The minimum Gasteiger partial charge on any atom is -0.376 e. The molecule has 31 heavy (non-hydrogen) atoms. The summed E-state index contributed by atoms with van der Waals surface area (Å²) >= 11 is 1.72. The number of aryl methyl sites for hydroxylation is 1. The Morgan fingerprint density at radius 3 is 2.55 bits per heavy atom. The van der Waals surface area contributed by atoms with Gasteiger partial charge in [0.1, 0.15) is 5.82 Å². The van der Waals surface area contributed by atoms with E-state index in [9.17, 15) is 0 Å². The molecule has 0 bridgehead atoms. The lowest BCUT2D eigenvalue weighted by Crippen LogP contribution is -2.16. The first-order valence-corrected chi connectivity index (χ1v) is 11.3. The molecule has 6 heteroatoms. The molecular weight excluding hydrogens is 404 g/mol. The molecule has 3 rings (SSSR count). The summed E-state index contributed by atoms with van der Waals surface area (Å²) in [4.78, 5) is 10.0. The normalized spacial score (nSPS) is 10.9.